The van der Waals surface area contributed by atoms with Gasteiger partial charge in [0.2, 0.25) is 11.8 Å². The van der Waals surface area contributed by atoms with Crippen LogP contribution in [0.15, 0.2) is 78.9 Å². The minimum Gasteiger partial charge on any atom is -0.277 e. The summed E-state index contributed by atoms with van der Waals surface area (Å²) < 4.78 is 0. The van der Waals surface area contributed by atoms with Crippen LogP contribution in [0.1, 0.15) is 46.6 Å². The van der Waals surface area contributed by atoms with E-state index in [-0.39, 0.29) is 29.6 Å². The average molecular weight is 379 g/mol. The summed E-state index contributed by atoms with van der Waals surface area (Å²) in [5, 5.41) is 0. The summed E-state index contributed by atoms with van der Waals surface area (Å²) in [6.45, 7) is 2.36. The molecule has 3 aromatic rings. The summed E-state index contributed by atoms with van der Waals surface area (Å²) in [5.74, 6) is -0.541. The van der Waals surface area contributed by atoms with Crippen molar-refractivity contribution in [2.24, 2.45) is 11.3 Å². The van der Waals surface area contributed by atoms with Crippen LogP contribution in [-0.4, -0.2) is 16.7 Å². The normalized spacial score (nSPS) is 28.9. The van der Waals surface area contributed by atoms with E-state index in [4.69, 9.17) is 0 Å². The summed E-state index contributed by atoms with van der Waals surface area (Å²) in [6.07, 6.45) is 0. The molecule has 1 saturated heterocycles. The number of rotatable bonds is 2. The van der Waals surface area contributed by atoms with Crippen molar-refractivity contribution in [3.63, 3.8) is 0 Å². The van der Waals surface area contributed by atoms with Crippen LogP contribution in [0.3, 0.4) is 0 Å². The van der Waals surface area contributed by atoms with E-state index in [1.165, 1.54) is 27.2 Å². The standard InChI is InChI=1S/C26H21NO2/c1-26-22-19-13-7-5-11-17(19)21(18-12-6-8-14-20(18)22)23(26)24(28)27(25(26)29)15-16-9-3-2-4-10-16/h2-14,21-23H,15H2,1H3/t21?,22?,23-,26-/m0/s1. The Balaban J connectivity index is 1.55. The van der Waals surface area contributed by atoms with Gasteiger partial charge in [-0.25, -0.2) is 0 Å². The minimum absolute atomic E-state index is 0.0274. The molecule has 3 heteroatoms. The molecule has 3 nitrogen and oxygen atoms in total. The van der Waals surface area contributed by atoms with Crippen LogP contribution in [0.2, 0.25) is 0 Å². The maximum Gasteiger partial charge on any atom is 0.237 e. The predicted molar refractivity (Wildman–Crippen MR) is 110 cm³/mol. The lowest BCUT2D eigenvalue weighted by atomic mass is 9.48. The fourth-order valence-electron chi connectivity index (χ4n) is 6.11. The van der Waals surface area contributed by atoms with Gasteiger partial charge in [-0.3, -0.25) is 14.5 Å². The summed E-state index contributed by atoms with van der Waals surface area (Å²) in [6, 6.07) is 26.5. The maximum absolute atomic E-state index is 13.8. The Morgan fingerprint density at radius 2 is 1.28 bits per heavy atom. The number of amides is 2. The molecule has 1 aliphatic heterocycles. The lowest BCUT2D eigenvalue weighted by molar-refractivity contribution is -0.142. The number of hydrogen-bond donors (Lipinski definition) is 0. The van der Waals surface area contributed by atoms with E-state index in [1.807, 2.05) is 61.5 Å². The first-order chi connectivity index (χ1) is 14.1. The van der Waals surface area contributed by atoms with Gasteiger partial charge in [-0.2, -0.15) is 0 Å². The van der Waals surface area contributed by atoms with E-state index in [0.29, 0.717) is 6.54 Å². The molecule has 3 aromatic carbocycles. The third-order valence-electron chi connectivity index (χ3n) is 7.28. The van der Waals surface area contributed by atoms with E-state index >= 15 is 0 Å². The van der Waals surface area contributed by atoms with Crippen LogP contribution in [0.25, 0.3) is 0 Å². The Hall–Kier alpha value is -3.20. The van der Waals surface area contributed by atoms with Gasteiger partial charge >= 0.3 is 0 Å². The van der Waals surface area contributed by atoms with Crippen molar-refractivity contribution in [3.8, 4) is 0 Å². The molecule has 0 N–H and O–H groups in total. The highest BCUT2D eigenvalue weighted by Crippen LogP contribution is 2.66. The summed E-state index contributed by atoms with van der Waals surface area (Å²) >= 11 is 0. The molecule has 0 unspecified atom stereocenters. The van der Waals surface area contributed by atoms with Gasteiger partial charge in [-0.05, 0) is 34.7 Å². The predicted octanol–water partition coefficient (Wildman–Crippen LogP) is 4.47. The molecule has 4 aliphatic rings. The minimum atomic E-state index is -0.737. The SMILES string of the molecule is C[C@@]12C(=O)N(Cc3ccccc3)C(=O)[C@@H]1C1c3ccccc3C2c2ccccc21. The van der Waals surface area contributed by atoms with Crippen LogP contribution < -0.4 is 0 Å². The van der Waals surface area contributed by atoms with Crippen LogP contribution in [0, 0.1) is 11.3 Å². The molecule has 0 aromatic heterocycles. The zero-order valence-electron chi connectivity index (χ0n) is 16.2. The van der Waals surface area contributed by atoms with Crippen LogP contribution in [0.5, 0.6) is 0 Å². The average Bonchev–Trinajstić information content (AvgIpc) is 2.95. The van der Waals surface area contributed by atoms with Crippen molar-refractivity contribution in [2.45, 2.75) is 25.3 Å². The second-order valence-electron chi connectivity index (χ2n) is 8.64. The van der Waals surface area contributed by atoms with Gasteiger partial charge in [-0.1, -0.05) is 78.9 Å². The first kappa shape index (κ1) is 16.7. The van der Waals surface area contributed by atoms with E-state index in [0.717, 1.165) is 5.56 Å². The summed E-state index contributed by atoms with van der Waals surface area (Å²) in [4.78, 5) is 29.0. The van der Waals surface area contributed by atoms with Gasteiger partial charge < -0.3 is 0 Å². The van der Waals surface area contributed by atoms with Gasteiger partial charge in [0, 0.05) is 11.8 Å². The molecule has 29 heavy (non-hydrogen) atoms. The highest BCUT2D eigenvalue weighted by Gasteiger charge is 2.68. The number of likely N-dealkylation sites (tertiary alicyclic amines) is 1. The summed E-state index contributed by atoms with van der Waals surface area (Å²) in [5.41, 5.74) is 5.08. The Morgan fingerprint density at radius 1 is 0.759 bits per heavy atom. The zero-order valence-corrected chi connectivity index (χ0v) is 16.2. The highest BCUT2D eigenvalue weighted by atomic mass is 16.2. The molecule has 1 heterocycles. The molecule has 1 fully saturated rings. The van der Waals surface area contributed by atoms with Crippen LogP contribution in [-0.2, 0) is 16.1 Å². The molecule has 0 radical (unpaired) electrons. The Bertz CT molecular complexity index is 1120. The monoisotopic (exact) mass is 379 g/mol. The van der Waals surface area contributed by atoms with E-state index in [9.17, 15) is 9.59 Å². The molecule has 2 atom stereocenters. The van der Waals surface area contributed by atoms with Gasteiger partial charge in [0.15, 0.2) is 0 Å². The molecule has 3 aliphatic carbocycles. The van der Waals surface area contributed by atoms with Gasteiger partial charge in [0.05, 0.1) is 17.9 Å². The van der Waals surface area contributed by atoms with Crippen molar-refractivity contribution >= 4 is 11.8 Å². The molecule has 2 bridgehead atoms. The molecule has 142 valence electrons. The van der Waals surface area contributed by atoms with Gasteiger partial charge in [-0.15, -0.1) is 0 Å². The third-order valence-corrected chi connectivity index (χ3v) is 7.28. The molecule has 0 spiro atoms. The second kappa shape index (κ2) is 5.66. The summed E-state index contributed by atoms with van der Waals surface area (Å²) in [7, 11) is 0. The Kier molecular flexibility index (Phi) is 3.27. The fourth-order valence-corrected chi connectivity index (χ4v) is 6.11. The first-order valence-corrected chi connectivity index (χ1v) is 10.2. The van der Waals surface area contributed by atoms with E-state index in [2.05, 4.69) is 24.3 Å². The molecular formula is C26H21NO2. The van der Waals surface area contributed by atoms with Crippen molar-refractivity contribution in [1.29, 1.82) is 0 Å². The molecular weight excluding hydrogens is 358 g/mol. The van der Waals surface area contributed by atoms with Crippen molar-refractivity contribution in [2.75, 3.05) is 0 Å². The molecule has 7 rings (SSSR count). The topological polar surface area (TPSA) is 37.4 Å². The Morgan fingerprint density at radius 3 is 1.86 bits per heavy atom. The third kappa shape index (κ3) is 1.97. The Labute approximate surface area is 170 Å². The smallest absolute Gasteiger partial charge is 0.237 e. The van der Waals surface area contributed by atoms with E-state index < -0.39 is 5.41 Å². The lowest BCUT2D eigenvalue weighted by Crippen LogP contribution is -2.49. The van der Waals surface area contributed by atoms with Crippen LogP contribution >= 0.6 is 0 Å². The lowest BCUT2D eigenvalue weighted by Gasteiger charge is -2.51. The number of nitrogens with zero attached hydrogens (tertiary/aromatic N) is 1. The highest BCUT2D eigenvalue weighted by molar-refractivity contribution is 6.09. The molecule has 0 saturated carbocycles. The van der Waals surface area contributed by atoms with E-state index in [1.54, 1.807) is 0 Å². The number of hydrogen-bond acceptors (Lipinski definition) is 2. The maximum atomic E-state index is 13.8. The van der Waals surface area contributed by atoms with Crippen LogP contribution in [0.4, 0.5) is 0 Å². The first-order valence-electron chi connectivity index (χ1n) is 10.2. The number of carbonyl (C=O) groups excluding carboxylic acids is 2. The van der Waals surface area contributed by atoms with Gasteiger partial charge in [0.1, 0.15) is 0 Å². The van der Waals surface area contributed by atoms with Crippen molar-refractivity contribution in [3.05, 3.63) is 107 Å². The van der Waals surface area contributed by atoms with Gasteiger partial charge in [0.25, 0.3) is 0 Å². The number of benzene rings is 3. The van der Waals surface area contributed by atoms with Crippen molar-refractivity contribution in [1.82, 2.24) is 4.90 Å². The fraction of sp³-hybridized carbons (Fsp3) is 0.231. The zero-order chi connectivity index (χ0) is 19.8. The largest absolute Gasteiger partial charge is 0.277 e. The number of carbonyl (C=O) groups is 2. The quantitative estimate of drug-likeness (QED) is 0.616. The van der Waals surface area contributed by atoms with Crippen molar-refractivity contribution < 1.29 is 9.59 Å². The molecule has 2 amide bonds. The second-order valence-corrected chi connectivity index (χ2v) is 8.64. The number of imide groups is 1.